The molecule has 198 valence electrons. The zero-order valence-electron chi connectivity index (χ0n) is 22.2. The number of hydrogen-bond donors (Lipinski definition) is 3. The molecule has 0 bridgehead atoms. The van der Waals surface area contributed by atoms with Crippen LogP contribution in [0.3, 0.4) is 0 Å². The lowest BCUT2D eigenvalue weighted by molar-refractivity contribution is -0.142. The van der Waals surface area contributed by atoms with Crippen molar-refractivity contribution in [1.29, 1.82) is 0 Å². The zero-order chi connectivity index (χ0) is 27.3. The molecule has 3 aromatic rings. The predicted octanol–water partition coefficient (Wildman–Crippen LogP) is 3.91. The summed E-state index contributed by atoms with van der Waals surface area (Å²) in [5, 5.41) is 5.81. The number of fused-ring (bicyclic) bond motifs is 1. The van der Waals surface area contributed by atoms with Crippen LogP contribution in [-0.4, -0.2) is 34.2 Å². The minimum absolute atomic E-state index is 0.0698. The maximum atomic E-state index is 13.2. The highest BCUT2D eigenvalue weighted by molar-refractivity contribution is 5.96. The van der Waals surface area contributed by atoms with Crippen LogP contribution in [0.4, 0.5) is 11.5 Å². The number of nitrogens with one attached hydrogen (secondary N) is 2. The molecule has 0 radical (unpaired) electrons. The van der Waals surface area contributed by atoms with Crippen molar-refractivity contribution in [3.05, 3.63) is 89.1 Å². The SMILES string of the molecule is CC(C)(C)C(=O)N(CC(=O)Nc1ccc2c(c1)CC(C(=O)Nc1ccccn1)C2)Cc1ccccc1CN. The van der Waals surface area contributed by atoms with Gasteiger partial charge in [0, 0.05) is 36.3 Å². The van der Waals surface area contributed by atoms with Crippen LogP contribution in [0.1, 0.15) is 43.0 Å². The van der Waals surface area contributed by atoms with Crippen LogP contribution in [0.25, 0.3) is 0 Å². The number of benzene rings is 2. The molecule has 1 unspecified atom stereocenters. The third kappa shape index (κ3) is 6.63. The monoisotopic (exact) mass is 513 g/mol. The summed E-state index contributed by atoms with van der Waals surface area (Å²) >= 11 is 0. The minimum atomic E-state index is -0.642. The second kappa shape index (κ2) is 11.6. The summed E-state index contributed by atoms with van der Waals surface area (Å²) in [6, 6.07) is 18.8. The van der Waals surface area contributed by atoms with Crippen molar-refractivity contribution in [2.45, 2.75) is 46.7 Å². The molecule has 0 spiro atoms. The van der Waals surface area contributed by atoms with E-state index in [1.54, 1.807) is 23.2 Å². The van der Waals surface area contributed by atoms with Crippen LogP contribution in [0.2, 0.25) is 0 Å². The number of nitrogens with two attached hydrogens (primary N) is 1. The van der Waals surface area contributed by atoms with Gasteiger partial charge in [-0.15, -0.1) is 0 Å². The van der Waals surface area contributed by atoms with Crippen LogP contribution >= 0.6 is 0 Å². The van der Waals surface area contributed by atoms with E-state index in [4.69, 9.17) is 5.73 Å². The van der Waals surface area contributed by atoms with Gasteiger partial charge < -0.3 is 21.3 Å². The number of amides is 3. The van der Waals surface area contributed by atoms with E-state index >= 15 is 0 Å². The van der Waals surface area contributed by atoms with Gasteiger partial charge in [0.05, 0.1) is 0 Å². The molecule has 1 aliphatic rings. The van der Waals surface area contributed by atoms with Crippen LogP contribution in [0.5, 0.6) is 0 Å². The topological polar surface area (TPSA) is 117 Å². The first kappa shape index (κ1) is 27.0. The largest absolute Gasteiger partial charge is 0.329 e. The number of pyridine rings is 1. The van der Waals surface area contributed by atoms with Crippen molar-refractivity contribution in [1.82, 2.24) is 9.88 Å². The third-order valence-electron chi connectivity index (χ3n) is 6.67. The number of hydrogen-bond acceptors (Lipinski definition) is 5. The highest BCUT2D eigenvalue weighted by atomic mass is 16.2. The van der Waals surface area contributed by atoms with E-state index in [9.17, 15) is 14.4 Å². The number of carbonyl (C=O) groups is 3. The summed E-state index contributed by atoms with van der Waals surface area (Å²) in [7, 11) is 0. The fourth-order valence-corrected chi connectivity index (χ4v) is 4.71. The van der Waals surface area contributed by atoms with Crippen molar-refractivity contribution in [3.8, 4) is 0 Å². The van der Waals surface area contributed by atoms with Gasteiger partial charge in [-0.3, -0.25) is 14.4 Å². The van der Waals surface area contributed by atoms with Gasteiger partial charge in [0.25, 0.3) is 0 Å². The lowest BCUT2D eigenvalue weighted by Crippen LogP contribution is -2.43. The summed E-state index contributed by atoms with van der Waals surface area (Å²) in [4.78, 5) is 44.8. The highest BCUT2D eigenvalue weighted by Gasteiger charge is 2.30. The molecule has 2 aromatic carbocycles. The first-order valence-electron chi connectivity index (χ1n) is 12.8. The van der Waals surface area contributed by atoms with Crippen molar-refractivity contribution in [3.63, 3.8) is 0 Å². The molecule has 1 aromatic heterocycles. The molecule has 3 amide bonds. The fourth-order valence-electron chi connectivity index (χ4n) is 4.71. The molecule has 0 saturated heterocycles. The number of aromatic nitrogens is 1. The Labute approximate surface area is 223 Å². The molecule has 8 nitrogen and oxygen atoms in total. The predicted molar refractivity (Wildman–Crippen MR) is 148 cm³/mol. The Morgan fingerprint density at radius 1 is 0.947 bits per heavy atom. The highest BCUT2D eigenvalue weighted by Crippen LogP contribution is 2.30. The standard InChI is InChI=1S/C30H35N5O3/c1-30(2,3)29(38)35(18-22-9-5-4-8-21(22)17-31)19-27(36)33-25-12-11-20-14-24(15-23(20)16-25)28(37)34-26-10-6-7-13-32-26/h4-13,16,24H,14-15,17-19,31H2,1-3H3,(H,33,36)(H,32,34,37). The lowest BCUT2D eigenvalue weighted by Gasteiger charge is -2.29. The average Bonchev–Trinajstić information content (AvgIpc) is 3.32. The maximum Gasteiger partial charge on any atom is 0.244 e. The Balaban J connectivity index is 1.42. The number of rotatable bonds is 8. The number of anilines is 2. The number of nitrogens with zero attached hydrogens (tertiary/aromatic N) is 2. The normalized spacial score (nSPS) is 14.5. The Morgan fingerprint density at radius 2 is 1.66 bits per heavy atom. The molecule has 4 rings (SSSR count). The van der Waals surface area contributed by atoms with E-state index in [-0.39, 0.29) is 30.2 Å². The van der Waals surface area contributed by atoms with Gasteiger partial charge in [0.2, 0.25) is 17.7 Å². The van der Waals surface area contributed by atoms with Crippen LogP contribution in [0.15, 0.2) is 66.9 Å². The second-order valence-corrected chi connectivity index (χ2v) is 10.7. The van der Waals surface area contributed by atoms with Gasteiger partial charge in [0.1, 0.15) is 12.4 Å². The Kier molecular flexibility index (Phi) is 8.22. The maximum absolute atomic E-state index is 13.2. The quantitative estimate of drug-likeness (QED) is 0.422. The van der Waals surface area contributed by atoms with E-state index in [1.807, 2.05) is 69.3 Å². The molecule has 0 fully saturated rings. The first-order chi connectivity index (χ1) is 18.1. The molecule has 1 aliphatic carbocycles. The van der Waals surface area contributed by atoms with E-state index in [2.05, 4.69) is 15.6 Å². The van der Waals surface area contributed by atoms with Gasteiger partial charge >= 0.3 is 0 Å². The van der Waals surface area contributed by atoms with Gasteiger partial charge in [-0.2, -0.15) is 0 Å². The number of carbonyl (C=O) groups excluding carboxylic acids is 3. The molecule has 0 saturated carbocycles. The summed E-state index contributed by atoms with van der Waals surface area (Å²) in [6.07, 6.45) is 2.86. The van der Waals surface area contributed by atoms with Gasteiger partial charge in [-0.1, -0.05) is 57.2 Å². The van der Waals surface area contributed by atoms with E-state index in [0.717, 1.165) is 22.3 Å². The fraction of sp³-hybridized carbons (Fsp3) is 0.333. The Bertz CT molecular complexity index is 1320. The molecule has 1 heterocycles. The van der Waals surface area contributed by atoms with Crippen molar-refractivity contribution >= 4 is 29.2 Å². The van der Waals surface area contributed by atoms with Crippen molar-refractivity contribution < 1.29 is 14.4 Å². The molecule has 38 heavy (non-hydrogen) atoms. The minimum Gasteiger partial charge on any atom is -0.329 e. The van der Waals surface area contributed by atoms with Gasteiger partial charge in [-0.25, -0.2) is 4.98 Å². The van der Waals surface area contributed by atoms with E-state index < -0.39 is 5.41 Å². The molecular formula is C30H35N5O3. The average molecular weight is 514 g/mol. The second-order valence-electron chi connectivity index (χ2n) is 10.7. The third-order valence-corrected chi connectivity index (χ3v) is 6.67. The zero-order valence-corrected chi connectivity index (χ0v) is 22.2. The van der Waals surface area contributed by atoms with Gasteiger partial charge in [-0.05, 0) is 59.4 Å². The van der Waals surface area contributed by atoms with Gasteiger partial charge in [0.15, 0.2) is 0 Å². The molecule has 4 N–H and O–H groups in total. The smallest absolute Gasteiger partial charge is 0.244 e. The molecule has 0 aliphatic heterocycles. The van der Waals surface area contributed by atoms with E-state index in [0.29, 0.717) is 37.4 Å². The molecule has 1 atom stereocenters. The summed E-state index contributed by atoms with van der Waals surface area (Å²) in [6.45, 7) is 6.10. The summed E-state index contributed by atoms with van der Waals surface area (Å²) in [5.74, 6) is -0.129. The van der Waals surface area contributed by atoms with Crippen LogP contribution in [0, 0.1) is 11.3 Å². The summed E-state index contributed by atoms with van der Waals surface area (Å²) < 4.78 is 0. The molecule has 8 heteroatoms. The van der Waals surface area contributed by atoms with E-state index in [1.165, 1.54) is 0 Å². The molecular weight excluding hydrogens is 478 g/mol. The first-order valence-corrected chi connectivity index (χ1v) is 12.8. The lowest BCUT2D eigenvalue weighted by atomic mass is 9.94. The van der Waals surface area contributed by atoms with Crippen molar-refractivity contribution in [2.75, 3.05) is 17.2 Å². The van der Waals surface area contributed by atoms with Crippen LogP contribution < -0.4 is 16.4 Å². The van der Waals surface area contributed by atoms with Crippen molar-refractivity contribution in [2.24, 2.45) is 17.1 Å². The Morgan fingerprint density at radius 3 is 2.34 bits per heavy atom. The summed E-state index contributed by atoms with van der Waals surface area (Å²) in [5.41, 5.74) is 9.88. The van der Waals surface area contributed by atoms with Crippen LogP contribution in [-0.2, 0) is 40.3 Å². The Hall–Kier alpha value is -4.04.